The van der Waals surface area contributed by atoms with Crippen molar-refractivity contribution in [2.45, 2.75) is 37.4 Å². The zero-order valence-corrected chi connectivity index (χ0v) is 19.7. The summed E-state index contributed by atoms with van der Waals surface area (Å²) in [6.07, 6.45) is -2.28. The van der Waals surface area contributed by atoms with Crippen LogP contribution in [0.15, 0.2) is 45.7 Å². The Labute approximate surface area is 200 Å². The second-order valence-corrected chi connectivity index (χ2v) is 10.2. The molecule has 1 atom stereocenters. The van der Waals surface area contributed by atoms with Crippen LogP contribution in [0.2, 0.25) is 0 Å². The van der Waals surface area contributed by atoms with Gasteiger partial charge in [-0.05, 0) is 50.6 Å². The Morgan fingerprint density at radius 3 is 2.49 bits per heavy atom. The van der Waals surface area contributed by atoms with E-state index in [1.165, 1.54) is 24.3 Å². The number of carbonyl (C=O) groups excluding carboxylic acids is 2. The highest BCUT2D eigenvalue weighted by Gasteiger charge is 2.35. The molecule has 1 aliphatic rings. The lowest BCUT2D eigenvalue weighted by atomic mass is 10.1. The van der Waals surface area contributed by atoms with E-state index < -0.39 is 40.1 Å². The van der Waals surface area contributed by atoms with Crippen LogP contribution >= 0.6 is 0 Å². The third-order valence-electron chi connectivity index (χ3n) is 5.36. The van der Waals surface area contributed by atoms with E-state index in [0.717, 1.165) is 16.4 Å². The van der Waals surface area contributed by atoms with E-state index in [2.05, 4.69) is 4.74 Å². The lowest BCUT2D eigenvalue weighted by Crippen LogP contribution is -2.30. The summed E-state index contributed by atoms with van der Waals surface area (Å²) in [6.45, 7) is 3.44. The molecule has 0 spiro atoms. The van der Waals surface area contributed by atoms with Gasteiger partial charge in [-0.3, -0.25) is 0 Å². The molecule has 2 heterocycles. The van der Waals surface area contributed by atoms with Gasteiger partial charge in [0.1, 0.15) is 33.4 Å². The molecule has 186 valence electrons. The SMILES string of the molecule is CC(C)Oc1cc2c(C(=O)OC(N)=O)c(-c3ccc(F)cc3)oc2cc1S(=O)(=O)N1CCC(O)C1. The van der Waals surface area contributed by atoms with E-state index in [4.69, 9.17) is 14.9 Å². The van der Waals surface area contributed by atoms with Crippen molar-refractivity contribution in [3.05, 3.63) is 47.8 Å². The van der Waals surface area contributed by atoms with Gasteiger partial charge < -0.3 is 24.7 Å². The van der Waals surface area contributed by atoms with Crippen molar-refractivity contribution in [1.29, 1.82) is 0 Å². The van der Waals surface area contributed by atoms with Crippen LogP contribution in [0.25, 0.3) is 22.3 Å². The van der Waals surface area contributed by atoms with E-state index >= 15 is 0 Å². The number of sulfonamides is 1. The van der Waals surface area contributed by atoms with E-state index in [9.17, 15) is 27.5 Å². The average Bonchev–Trinajstić information content (AvgIpc) is 3.36. The molecule has 3 aromatic rings. The Bertz CT molecular complexity index is 1400. The van der Waals surface area contributed by atoms with Gasteiger partial charge >= 0.3 is 12.1 Å². The predicted octanol–water partition coefficient (Wildman–Crippen LogP) is 3.02. The fourth-order valence-corrected chi connectivity index (χ4v) is 5.48. The highest BCUT2D eigenvalue weighted by atomic mass is 32.2. The summed E-state index contributed by atoms with van der Waals surface area (Å²) in [5.74, 6) is -1.80. The zero-order valence-electron chi connectivity index (χ0n) is 18.9. The fourth-order valence-electron chi connectivity index (χ4n) is 3.87. The topological polar surface area (TPSA) is 149 Å². The van der Waals surface area contributed by atoms with Crippen molar-refractivity contribution in [2.75, 3.05) is 13.1 Å². The normalized spacial score (nSPS) is 16.7. The number of ether oxygens (including phenoxy) is 2. The van der Waals surface area contributed by atoms with Crippen LogP contribution in [0.4, 0.5) is 9.18 Å². The molecule has 12 heteroatoms. The molecule has 0 saturated carbocycles. The number of furan rings is 1. The van der Waals surface area contributed by atoms with Gasteiger partial charge in [-0.1, -0.05) is 0 Å². The van der Waals surface area contributed by atoms with E-state index in [1.54, 1.807) is 13.8 Å². The van der Waals surface area contributed by atoms with Crippen LogP contribution < -0.4 is 10.5 Å². The Balaban J connectivity index is 1.97. The minimum absolute atomic E-state index is 0.0184. The molecular weight excluding hydrogens is 483 g/mol. The molecule has 0 bridgehead atoms. The van der Waals surface area contributed by atoms with Gasteiger partial charge in [0, 0.05) is 30.1 Å². The minimum Gasteiger partial charge on any atom is -0.490 e. The Morgan fingerprint density at radius 1 is 1.23 bits per heavy atom. The number of aliphatic hydroxyl groups excluding tert-OH is 1. The molecule has 4 rings (SSSR count). The summed E-state index contributed by atoms with van der Waals surface area (Å²) in [5, 5.41) is 9.95. The lowest BCUT2D eigenvalue weighted by Gasteiger charge is -2.19. The number of nitrogens with zero attached hydrogens (tertiary/aromatic N) is 1. The van der Waals surface area contributed by atoms with E-state index in [1.807, 2.05) is 0 Å². The fraction of sp³-hybridized carbons (Fsp3) is 0.304. The highest BCUT2D eigenvalue weighted by Crippen LogP contribution is 2.40. The number of esters is 1. The molecule has 1 fully saturated rings. The number of primary amides is 1. The van der Waals surface area contributed by atoms with Crippen molar-refractivity contribution in [1.82, 2.24) is 4.31 Å². The van der Waals surface area contributed by atoms with Gasteiger partial charge in [0.05, 0.1) is 12.2 Å². The molecule has 0 radical (unpaired) electrons. The molecule has 1 aliphatic heterocycles. The number of fused-ring (bicyclic) bond motifs is 1. The average molecular weight is 507 g/mol. The van der Waals surface area contributed by atoms with Crippen molar-refractivity contribution in [2.24, 2.45) is 5.73 Å². The van der Waals surface area contributed by atoms with Crippen molar-refractivity contribution in [3.63, 3.8) is 0 Å². The van der Waals surface area contributed by atoms with Gasteiger partial charge in [-0.25, -0.2) is 22.4 Å². The molecule has 3 N–H and O–H groups in total. The molecule has 1 aromatic heterocycles. The zero-order chi connectivity index (χ0) is 25.5. The van der Waals surface area contributed by atoms with E-state index in [-0.39, 0.29) is 51.6 Å². The molecular formula is C23H23FN2O8S. The second kappa shape index (κ2) is 9.29. The maximum Gasteiger partial charge on any atom is 0.412 e. The second-order valence-electron chi connectivity index (χ2n) is 8.29. The molecule has 1 unspecified atom stereocenters. The molecule has 2 aromatic carbocycles. The quantitative estimate of drug-likeness (QED) is 0.383. The monoisotopic (exact) mass is 506 g/mol. The standard InChI is InChI=1S/C23H23FN2O8S/c1-12(2)32-18-9-16-17(10-19(18)35(30,31)26-8-7-15(27)11-26)33-21(13-3-5-14(24)6-4-13)20(16)22(28)34-23(25)29/h3-6,9-10,12,15,27H,7-8,11H2,1-2H3,(H2,25,29). The summed E-state index contributed by atoms with van der Waals surface area (Å²) < 4.78 is 57.6. The molecule has 1 saturated heterocycles. The maximum absolute atomic E-state index is 13.5. The van der Waals surface area contributed by atoms with Gasteiger partial charge in [0.15, 0.2) is 0 Å². The van der Waals surface area contributed by atoms with Gasteiger partial charge in [0.2, 0.25) is 10.0 Å². The number of carbonyl (C=O) groups is 2. The lowest BCUT2D eigenvalue weighted by molar-refractivity contribution is 0.0640. The summed E-state index contributed by atoms with van der Waals surface area (Å²) in [5.41, 5.74) is 5.07. The smallest absolute Gasteiger partial charge is 0.412 e. The third-order valence-corrected chi connectivity index (χ3v) is 7.25. The number of nitrogens with two attached hydrogens (primary N) is 1. The highest BCUT2D eigenvalue weighted by molar-refractivity contribution is 7.89. The number of halogens is 1. The molecule has 0 aliphatic carbocycles. The summed E-state index contributed by atoms with van der Waals surface area (Å²) in [7, 11) is -4.10. The van der Waals surface area contributed by atoms with Crippen molar-refractivity contribution < 1.29 is 41.4 Å². The first-order valence-electron chi connectivity index (χ1n) is 10.7. The first kappa shape index (κ1) is 24.6. The van der Waals surface area contributed by atoms with Crippen molar-refractivity contribution in [3.8, 4) is 17.1 Å². The Kier molecular flexibility index (Phi) is 6.54. The van der Waals surface area contributed by atoms with Crippen LogP contribution in [-0.2, 0) is 14.8 Å². The summed E-state index contributed by atoms with van der Waals surface area (Å²) >= 11 is 0. The molecule has 35 heavy (non-hydrogen) atoms. The minimum atomic E-state index is -4.10. The third kappa shape index (κ3) is 4.85. The number of aliphatic hydroxyl groups is 1. The van der Waals surface area contributed by atoms with Crippen LogP contribution in [0.1, 0.15) is 30.6 Å². The molecule has 10 nitrogen and oxygen atoms in total. The number of benzene rings is 2. The van der Waals surface area contributed by atoms with E-state index in [0.29, 0.717) is 6.42 Å². The summed E-state index contributed by atoms with van der Waals surface area (Å²) in [6, 6.07) is 7.51. The van der Waals surface area contributed by atoms with Crippen LogP contribution in [0, 0.1) is 5.82 Å². The molecule has 1 amide bonds. The Hall–Kier alpha value is -3.48. The van der Waals surface area contributed by atoms with Gasteiger partial charge in [-0.2, -0.15) is 4.31 Å². The van der Waals surface area contributed by atoms with Gasteiger partial charge in [0.25, 0.3) is 0 Å². The number of hydrogen-bond acceptors (Lipinski definition) is 8. The van der Waals surface area contributed by atoms with Gasteiger partial charge in [-0.15, -0.1) is 0 Å². The number of amides is 1. The first-order valence-corrected chi connectivity index (χ1v) is 12.1. The van der Waals surface area contributed by atoms with Crippen LogP contribution in [0.5, 0.6) is 5.75 Å². The number of β-amino-alcohol motifs (C(OH)–C–C–N with tert-alkyl or cyclic N) is 1. The van der Waals surface area contributed by atoms with Crippen molar-refractivity contribution >= 4 is 33.1 Å². The largest absolute Gasteiger partial charge is 0.490 e. The maximum atomic E-state index is 13.5. The Morgan fingerprint density at radius 2 is 1.91 bits per heavy atom. The summed E-state index contributed by atoms with van der Waals surface area (Å²) in [4.78, 5) is 23.9. The number of hydrogen-bond donors (Lipinski definition) is 2. The van der Waals surface area contributed by atoms with Crippen LogP contribution in [0.3, 0.4) is 0 Å². The van der Waals surface area contributed by atoms with Crippen LogP contribution in [-0.4, -0.2) is 55.2 Å². The number of rotatable bonds is 6. The predicted molar refractivity (Wildman–Crippen MR) is 122 cm³/mol. The first-order chi connectivity index (χ1) is 16.5.